The maximum atomic E-state index is 15.9. The first kappa shape index (κ1) is 77.9. The molecule has 18 unspecified atom stereocenters. The molecule has 556 valence electrons. The maximum absolute atomic E-state index is 15.9. The average Bonchev–Trinajstić information content (AvgIpc) is 0.772. The van der Waals surface area contributed by atoms with Crippen LogP contribution in [0.4, 0.5) is 0 Å². The number of carboxylic acid groups (broad SMARTS) is 1. The quantitative estimate of drug-likeness (QED) is 0.0737. The zero-order valence-electron chi connectivity index (χ0n) is 56.3. The second-order valence-electron chi connectivity index (χ2n) is 26.1. The van der Waals surface area contributed by atoms with Crippen molar-refractivity contribution in [3.63, 3.8) is 0 Å². The Morgan fingerprint density at radius 3 is 1.89 bits per heavy atom. The number of nitrogens with two attached hydrogens (primary N) is 2. The minimum Gasteiger partial charge on any atom is -0.508 e. The number of benzene rings is 5. The van der Waals surface area contributed by atoms with Crippen LogP contribution in [0.2, 0.25) is 10.0 Å². The predicted octanol–water partition coefficient (Wildman–Crippen LogP) is 0.990. The minimum atomic E-state index is -2.30. The van der Waals surface area contributed by atoms with Gasteiger partial charge in [0.1, 0.15) is 77.3 Å². The van der Waals surface area contributed by atoms with Crippen LogP contribution in [-0.2, 0) is 52.6 Å². The van der Waals surface area contributed by atoms with Crippen molar-refractivity contribution < 1.29 is 118 Å². The van der Waals surface area contributed by atoms with Crippen molar-refractivity contribution in [1.82, 2.24) is 37.2 Å². The standard InChI is InChI=1S/C68H81Cl2N9O24/c1-25(2)14-37(73-6)61(91)79-52-54(86)30-10-13-42(36(70)17-30)100-44-19-31-18-43(57(44)103-67-58(56(88)55(87)45(24-80)101-67)102-47-23-68(5,72)59(89)27(4)98-47)99-41-12-9-29(16-35(41)69)53(85)26(3)60(90)78-51(66(96)97)34-20-32(81)21-40(83)48(34)33-15-28(8-11-39(33)82)49(63(93)74-7)77-64(94)50(31)76-62(92)38(22-46(71)84)75-65(52)95/h8-13,15-21,25-27,37-38,45,47,49-56,58-59,67,73,80-83,85-89H,14,22-24,72H2,1-7H3,(H2,71,84)(H,74,93)(H,75,95)(H,76,92)(H,77,94)(H,78,90)(H,79,91)(H,96,97). The number of carbonyl (C=O) groups excluding carboxylic acids is 7. The number of carboxylic acids is 1. The lowest BCUT2D eigenvalue weighted by molar-refractivity contribution is -0.333. The molecule has 6 heterocycles. The third-order valence-corrected chi connectivity index (χ3v) is 18.6. The number of aliphatic hydroxyl groups excluding tert-OH is 6. The fourth-order valence-electron chi connectivity index (χ4n) is 12.4. The summed E-state index contributed by atoms with van der Waals surface area (Å²) in [6.07, 6.45) is -18.2. The Bertz CT molecular complexity index is 4080. The molecular weight excluding hydrogens is 1400 g/mol. The fourth-order valence-corrected chi connectivity index (χ4v) is 12.8. The number of rotatable bonds is 14. The van der Waals surface area contributed by atoms with Crippen molar-refractivity contribution in [2.75, 3.05) is 20.7 Å². The summed E-state index contributed by atoms with van der Waals surface area (Å²) < 4.78 is 38.4. The highest BCUT2D eigenvalue weighted by molar-refractivity contribution is 6.32. The summed E-state index contributed by atoms with van der Waals surface area (Å²) in [4.78, 5) is 115. The summed E-state index contributed by atoms with van der Waals surface area (Å²) in [6, 6.07) is 2.23. The summed E-state index contributed by atoms with van der Waals surface area (Å²) in [5.41, 5.74) is 8.25. The predicted molar refractivity (Wildman–Crippen MR) is 361 cm³/mol. The van der Waals surface area contributed by atoms with Gasteiger partial charge in [0.2, 0.25) is 53.4 Å². The van der Waals surface area contributed by atoms with E-state index in [9.17, 15) is 79.8 Å². The van der Waals surface area contributed by atoms with E-state index in [1.54, 1.807) is 0 Å². The van der Waals surface area contributed by atoms with Gasteiger partial charge in [0.05, 0.1) is 53.3 Å². The van der Waals surface area contributed by atoms with Crippen molar-refractivity contribution in [3.8, 4) is 57.1 Å². The molecule has 0 aromatic heterocycles. The molecule has 2 saturated heterocycles. The number of likely N-dealkylation sites (N-methyl/N-ethyl adjacent to an activating group) is 2. The topological polar surface area (TPSA) is 530 Å². The molecule has 5 aromatic carbocycles. The van der Waals surface area contributed by atoms with E-state index in [0.717, 1.165) is 67.7 Å². The van der Waals surface area contributed by atoms with Crippen LogP contribution < -0.4 is 62.9 Å². The number of carbonyl (C=O) groups is 8. The smallest absolute Gasteiger partial charge is 0.330 e. The molecule has 18 atom stereocenters. The van der Waals surface area contributed by atoms with Crippen molar-refractivity contribution in [3.05, 3.63) is 117 Å². The zero-order chi connectivity index (χ0) is 75.5. The van der Waals surface area contributed by atoms with Crippen LogP contribution in [0, 0.1) is 11.8 Å². The number of amides is 7. The third-order valence-electron chi connectivity index (χ3n) is 18.0. The molecule has 0 saturated carbocycles. The molecular formula is C68H81Cl2N9O24. The first-order valence-electron chi connectivity index (χ1n) is 32.4. The minimum absolute atomic E-state index is 0.0937. The molecule has 0 spiro atoms. The number of aliphatic carboxylic acids is 1. The molecule has 33 nitrogen and oxygen atoms in total. The molecule has 21 N–H and O–H groups in total. The number of fused-ring (bicyclic) bond motifs is 16. The van der Waals surface area contributed by atoms with Gasteiger partial charge < -0.3 is 128 Å². The van der Waals surface area contributed by atoms with Gasteiger partial charge in [-0.05, 0) is 110 Å². The van der Waals surface area contributed by atoms with Crippen LogP contribution in [0.15, 0.2) is 78.9 Å². The van der Waals surface area contributed by atoms with Crippen molar-refractivity contribution in [2.45, 2.75) is 157 Å². The number of phenols is 3. The highest BCUT2D eigenvalue weighted by Gasteiger charge is 2.51. The molecule has 9 bridgehead atoms. The number of aromatic hydroxyl groups is 3. The number of nitrogens with one attached hydrogen (secondary N) is 7. The molecule has 6 aliphatic rings. The number of aliphatic hydroxyl groups is 6. The first-order valence-corrected chi connectivity index (χ1v) is 33.2. The lowest BCUT2D eigenvalue weighted by Gasteiger charge is -2.47. The van der Waals surface area contributed by atoms with Crippen LogP contribution in [0.1, 0.15) is 112 Å². The largest absolute Gasteiger partial charge is 0.508 e. The Kier molecular flexibility index (Phi) is 24.4. The van der Waals surface area contributed by atoms with Crippen LogP contribution in [-0.4, -0.2) is 192 Å². The van der Waals surface area contributed by atoms with Gasteiger partial charge >= 0.3 is 5.97 Å². The Balaban J connectivity index is 1.34. The van der Waals surface area contributed by atoms with E-state index in [2.05, 4.69) is 37.2 Å². The highest BCUT2D eigenvalue weighted by atomic mass is 35.5. The molecule has 35 heteroatoms. The summed E-state index contributed by atoms with van der Waals surface area (Å²) in [5.74, 6) is -16.7. The summed E-state index contributed by atoms with van der Waals surface area (Å²) in [6.45, 7) is 6.88. The van der Waals surface area contributed by atoms with Gasteiger partial charge in [0.25, 0.3) is 0 Å². The van der Waals surface area contributed by atoms with Crippen molar-refractivity contribution in [1.29, 1.82) is 0 Å². The van der Waals surface area contributed by atoms with Gasteiger partial charge in [-0.2, -0.15) is 0 Å². The maximum Gasteiger partial charge on any atom is 0.330 e. The van der Waals surface area contributed by atoms with Gasteiger partial charge in [-0.15, -0.1) is 0 Å². The monoisotopic (exact) mass is 1480 g/mol. The first-order chi connectivity index (χ1) is 48.5. The Morgan fingerprint density at radius 1 is 0.718 bits per heavy atom. The van der Waals surface area contributed by atoms with Gasteiger partial charge in [-0.1, -0.05) is 62.2 Å². The number of hydrogen-bond acceptors (Lipinski definition) is 25. The van der Waals surface area contributed by atoms with E-state index in [4.69, 9.17) is 63.1 Å². The molecule has 6 aliphatic heterocycles. The second-order valence-corrected chi connectivity index (χ2v) is 26.9. The van der Waals surface area contributed by atoms with E-state index in [-0.39, 0.29) is 57.0 Å². The lowest BCUT2D eigenvalue weighted by atomic mass is 9.86. The highest BCUT2D eigenvalue weighted by Crippen LogP contribution is 2.50. The molecule has 2 fully saturated rings. The number of halogens is 2. The fraction of sp³-hybridized carbons (Fsp3) is 0.441. The molecule has 103 heavy (non-hydrogen) atoms. The Labute approximate surface area is 598 Å². The van der Waals surface area contributed by atoms with Crippen molar-refractivity contribution in [2.24, 2.45) is 23.3 Å². The van der Waals surface area contributed by atoms with Crippen LogP contribution in [0.5, 0.6) is 46.0 Å². The van der Waals surface area contributed by atoms with E-state index in [1.165, 1.54) is 46.0 Å². The third kappa shape index (κ3) is 17.2. The van der Waals surface area contributed by atoms with Crippen molar-refractivity contribution >= 4 is 70.5 Å². The molecule has 11 rings (SSSR count). The van der Waals surface area contributed by atoms with Gasteiger partial charge in [-0.3, -0.25) is 33.6 Å². The van der Waals surface area contributed by atoms with E-state index in [1.807, 2.05) is 13.8 Å². The van der Waals surface area contributed by atoms with Crippen LogP contribution >= 0.6 is 23.2 Å². The summed E-state index contributed by atoms with van der Waals surface area (Å²) >= 11 is 14.1. The van der Waals surface area contributed by atoms with Gasteiger partial charge in [0, 0.05) is 41.8 Å². The Morgan fingerprint density at radius 2 is 1.33 bits per heavy atom. The SMILES string of the molecule is CNC(=O)C1NC(=O)C2NC(=O)C(CC(N)=O)NC(=O)C(NC(=O)C(CC(C)C)NC)C(O)c3ccc(c(Cl)c3)Oc3cc2cc(c3OC2OC(CO)C(O)C(O)C2OC2CC(C)(N)C(O)C(C)O2)Oc2ccc(cc2Cl)C(O)C(C)C(=O)NC(C(=O)O)c2cc(O)cc(O)c2-c2cc1ccc2O. The van der Waals surface area contributed by atoms with E-state index < -0.39 is 226 Å². The number of ether oxygens (including phenoxy) is 6. The molecule has 0 radical (unpaired) electrons. The van der Waals surface area contributed by atoms with Crippen LogP contribution in [0.25, 0.3) is 11.1 Å². The lowest BCUT2D eigenvalue weighted by Crippen LogP contribution is -2.64. The van der Waals surface area contributed by atoms with E-state index >= 15 is 9.59 Å². The number of phenolic OH excluding ortho intramolecular Hbond substituents is 3. The molecule has 5 aromatic rings. The van der Waals surface area contributed by atoms with Crippen LogP contribution in [0.3, 0.4) is 0 Å². The molecule has 0 aliphatic carbocycles. The number of primary amides is 1. The average molecular weight is 1480 g/mol. The van der Waals surface area contributed by atoms with E-state index in [0.29, 0.717) is 0 Å². The Hall–Kier alpha value is -9.20. The number of hydrogen-bond donors (Lipinski definition) is 19. The zero-order valence-corrected chi connectivity index (χ0v) is 57.8. The summed E-state index contributed by atoms with van der Waals surface area (Å²) in [5, 5.41) is 131. The molecule has 7 amide bonds. The summed E-state index contributed by atoms with van der Waals surface area (Å²) in [7, 11) is 2.63. The van der Waals surface area contributed by atoms with Gasteiger partial charge in [0.15, 0.2) is 29.9 Å². The second kappa shape index (κ2) is 32.2. The van der Waals surface area contributed by atoms with Gasteiger partial charge in [-0.25, -0.2) is 4.79 Å². The normalized spacial score (nSPS) is 28.7.